The first kappa shape index (κ1) is 13.1. The molecule has 0 N–H and O–H groups in total. The second-order valence-corrected chi connectivity index (χ2v) is 4.96. The Morgan fingerprint density at radius 1 is 1.28 bits per heavy atom. The Kier molecular flexibility index (Phi) is 4.37. The molecule has 0 aliphatic carbocycles. The first-order chi connectivity index (χ1) is 8.74. The van der Waals surface area contributed by atoms with Crippen LogP contribution in [0.1, 0.15) is 20.3 Å². The largest absolute Gasteiger partial charge is 0.352 e. The molecule has 0 aliphatic heterocycles. The first-order valence-electron chi connectivity index (χ1n) is 6.27. The van der Waals surface area contributed by atoms with Crippen LogP contribution in [0.2, 0.25) is 0 Å². The summed E-state index contributed by atoms with van der Waals surface area (Å²) >= 11 is 5.79. The lowest BCUT2D eigenvalue weighted by Gasteiger charge is -2.28. The summed E-state index contributed by atoms with van der Waals surface area (Å²) in [5.41, 5.74) is 0. The fourth-order valence-electron chi connectivity index (χ4n) is 2.06. The summed E-state index contributed by atoms with van der Waals surface area (Å²) in [6.45, 7) is 5.24. The van der Waals surface area contributed by atoms with Crippen LogP contribution in [-0.4, -0.2) is 28.7 Å². The molecule has 0 bridgehead atoms. The van der Waals surface area contributed by atoms with Gasteiger partial charge in [0.2, 0.25) is 0 Å². The standard InChI is InChI=1S/C14H18ClN3/c1-11(2)18(9-5-8-15)14-13-7-4-3-6-12(13)10-16-17-14/h3-4,6-7,10-11H,5,8-9H2,1-2H3. The molecule has 0 atom stereocenters. The molecule has 0 radical (unpaired) electrons. The van der Waals surface area contributed by atoms with Gasteiger partial charge in [-0.25, -0.2) is 0 Å². The Morgan fingerprint density at radius 3 is 2.78 bits per heavy atom. The summed E-state index contributed by atoms with van der Waals surface area (Å²) in [5.74, 6) is 1.62. The van der Waals surface area contributed by atoms with Crippen LogP contribution >= 0.6 is 11.6 Å². The van der Waals surface area contributed by atoms with Crippen molar-refractivity contribution in [2.75, 3.05) is 17.3 Å². The van der Waals surface area contributed by atoms with E-state index in [2.05, 4.69) is 41.1 Å². The van der Waals surface area contributed by atoms with E-state index in [0.29, 0.717) is 11.9 Å². The molecule has 4 heteroatoms. The van der Waals surface area contributed by atoms with E-state index >= 15 is 0 Å². The number of hydrogen-bond acceptors (Lipinski definition) is 3. The number of nitrogens with zero attached hydrogens (tertiary/aromatic N) is 3. The quantitative estimate of drug-likeness (QED) is 0.774. The average molecular weight is 264 g/mol. The topological polar surface area (TPSA) is 29.0 Å². The van der Waals surface area contributed by atoms with Crippen molar-refractivity contribution >= 4 is 28.2 Å². The molecule has 3 nitrogen and oxygen atoms in total. The predicted octanol–water partition coefficient (Wildman–Crippen LogP) is 3.47. The summed E-state index contributed by atoms with van der Waals surface area (Å²) in [6.07, 6.45) is 2.75. The highest BCUT2D eigenvalue weighted by Crippen LogP contribution is 2.24. The fraction of sp³-hybridized carbons (Fsp3) is 0.429. The maximum Gasteiger partial charge on any atom is 0.159 e. The van der Waals surface area contributed by atoms with Crippen molar-refractivity contribution in [3.8, 4) is 0 Å². The van der Waals surface area contributed by atoms with Crippen LogP contribution in [0.4, 0.5) is 5.82 Å². The van der Waals surface area contributed by atoms with Crippen molar-refractivity contribution in [2.45, 2.75) is 26.3 Å². The second kappa shape index (κ2) is 6.01. The molecule has 2 rings (SSSR count). The smallest absolute Gasteiger partial charge is 0.159 e. The Hall–Kier alpha value is -1.35. The van der Waals surface area contributed by atoms with E-state index in [1.54, 1.807) is 6.20 Å². The number of hydrogen-bond donors (Lipinski definition) is 0. The Bertz CT molecular complexity index is 508. The zero-order valence-corrected chi connectivity index (χ0v) is 11.6. The lowest BCUT2D eigenvalue weighted by molar-refractivity contribution is 0.661. The Morgan fingerprint density at radius 2 is 2.06 bits per heavy atom. The molecular weight excluding hydrogens is 246 g/mol. The van der Waals surface area contributed by atoms with Gasteiger partial charge < -0.3 is 4.90 Å². The number of benzene rings is 1. The van der Waals surface area contributed by atoms with Crippen molar-refractivity contribution < 1.29 is 0 Å². The third-order valence-electron chi connectivity index (χ3n) is 2.98. The van der Waals surface area contributed by atoms with Gasteiger partial charge in [0, 0.05) is 29.2 Å². The highest BCUT2D eigenvalue weighted by Gasteiger charge is 2.14. The molecule has 1 aromatic carbocycles. The number of rotatable bonds is 5. The van der Waals surface area contributed by atoms with E-state index in [1.807, 2.05) is 12.1 Å². The van der Waals surface area contributed by atoms with Crippen molar-refractivity contribution in [1.29, 1.82) is 0 Å². The number of alkyl halides is 1. The molecule has 0 amide bonds. The molecule has 1 heterocycles. The maximum atomic E-state index is 5.79. The van der Waals surface area contributed by atoms with Gasteiger partial charge in [-0.2, -0.15) is 5.10 Å². The van der Waals surface area contributed by atoms with Gasteiger partial charge in [0.05, 0.1) is 6.20 Å². The van der Waals surface area contributed by atoms with Crippen molar-refractivity contribution in [3.63, 3.8) is 0 Å². The monoisotopic (exact) mass is 263 g/mol. The fourth-order valence-corrected chi connectivity index (χ4v) is 2.18. The van der Waals surface area contributed by atoms with Crippen molar-refractivity contribution in [3.05, 3.63) is 30.5 Å². The van der Waals surface area contributed by atoms with E-state index in [1.165, 1.54) is 0 Å². The summed E-state index contributed by atoms with van der Waals surface area (Å²) in [6, 6.07) is 8.59. The molecule has 0 saturated carbocycles. The number of anilines is 1. The highest BCUT2D eigenvalue weighted by atomic mass is 35.5. The van der Waals surface area contributed by atoms with E-state index in [-0.39, 0.29) is 0 Å². The van der Waals surface area contributed by atoms with Crippen LogP contribution in [0, 0.1) is 0 Å². The lowest BCUT2D eigenvalue weighted by Crippen LogP contribution is -2.33. The molecule has 0 saturated heterocycles. The van der Waals surface area contributed by atoms with Gasteiger partial charge in [0.1, 0.15) is 0 Å². The minimum absolute atomic E-state index is 0.383. The summed E-state index contributed by atoms with van der Waals surface area (Å²) in [5, 5.41) is 10.7. The van der Waals surface area contributed by atoms with Crippen LogP contribution < -0.4 is 4.90 Å². The SMILES string of the molecule is CC(C)N(CCCCl)c1nncc2ccccc12. The van der Waals surface area contributed by atoms with E-state index in [0.717, 1.165) is 29.6 Å². The second-order valence-electron chi connectivity index (χ2n) is 4.59. The van der Waals surface area contributed by atoms with Gasteiger partial charge in [0.15, 0.2) is 5.82 Å². The number of aromatic nitrogens is 2. The molecule has 0 spiro atoms. The van der Waals surface area contributed by atoms with Gasteiger partial charge in [-0.3, -0.25) is 0 Å². The van der Waals surface area contributed by atoms with Gasteiger partial charge in [-0.05, 0) is 20.3 Å². The van der Waals surface area contributed by atoms with E-state index in [9.17, 15) is 0 Å². The summed E-state index contributed by atoms with van der Waals surface area (Å²) in [4.78, 5) is 2.26. The van der Waals surface area contributed by atoms with Crippen molar-refractivity contribution in [2.24, 2.45) is 0 Å². The third kappa shape index (κ3) is 2.72. The van der Waals surface area contributed by atoms with Crippen molar-refractivity contribution in [1.82, 2.24) is 10.2 Å². The van der Waals surface area contributed by atoms with Crippen LogP contribution in [0.15, 0.2) is 30.5 Å². The minimum Gasteiger partial charge on any atom is -0.352 e. The summed E-state index contributed by atoms with van der Waals surface area (Å²) in [7, 11) is 0. The zero-order chi connectivity index (χ0) is 13.0. The van der Waals surface area contributed by atoms with E-state index in [4.69, 9.17) is 11.6 Å². The van der Waals surface area contributed by atoms with Crippen LogP contribution in [0.25, 0.3) is 10.8 Å². The molecule has 18 heavy (non-hydrogen) atoms. The Labute approximate surface area is 113 Å². The molecule has 1 aromatic heterocycles. The minimum atomic E-state index is 0.383. The van der Waals surface area contributed by atoms with Crippen LogP contribution in [0.5, 0.6) is 0 Å². The normalized spacial score (nSPS) is 11.1. The predicted molar refractivity (Wildman–Crippen MR) is 77.4 cm³/mol. The molecular formula is C14H18ClN3. The van der Waals surface area contributed by atoms with Gasteiger partial charge in [0.25, 0.3) is 0 Å². The third-order valence-corrected chi connectivity index (χ3v) is 3.25. The van der Waals surface area contributed by atoms with E-state index < -0.39 is 0 Å². The Balaban J connectivity index is 2.43. The van der Waals surface area contributed by atoms with Gasteiger partial charge >= 0.3 is 0 Å². The first-order valence-corrected chi connectivity index (χ1v) is 6.80. The van der Waals surface area contributed by atoms with Crippen LogP contribution in [0.3, 0.4) is 0 Å². The highest BCUT2D eigenvalue weighted by molar-refractivity contribution is 6.17. The van der Waals surface area contributed by atoms with Gasteiger partial charge in [-0.15, -0.1) is 16.7 Å². The zero-order valence-electron chi connectivity index (χ0n) is 10.8. The van der Waals surface area contributed by atoms with Gasteiger partial charge in [-0.1, -0.05) is 24.3 Å². The maximum absolute atomic E-state index is 5.79. The molecule has 96 valence electrons. The number of halogens is 1. The number of fused-ring (bicyclic) bond motifs is 1. The molecule has 2 aromatic rings. The molecule has 0 unspecified atom stereocenters. The molecule has 0 aliphatic rings. The summed E-state index contributed by atoms with van der Waals surface area (Å²) < 4.78 is 0. The molecule has 0 fully saturated rings. The average Bonchev–Trinajstić information content (AvgIpc) is 2.39. The lowest BCUT2D eigenvalue weighted by atomic mass is 10.1. The van der Waals surface area contributed by atoms with Crippen LogP contribution in [-0.2, 0) is 0 Å².